The number of carbonyl (C=O) groups excluding carboxylic acids is 2. The van der Waals surface area contributed by atoms with Gasteiger partial charge in [-0.05, 0) is 35.6 Å². The Hall–Kier alpha value is -3.42. The minimum Gasteiger partial charge on any atom is -0.497 e. The van der Waals surface area contributed by atoms with Gasteiger partial charge in [0, 0.05) is 5.69 Å². The summed E-state index contributed by atoms with van der Waals surface area (Å²) in [5.74, 6) is 1.94. The quantitative estimate of drug-likeness (QED) is 0.198. The second-order valence-corrected chi connectivity index (χ2v) is 10.9. The van der Waals surface area contributed by atoms with Gasteiger partial charge in [-0.1, -0.05) is 72.1 Å². The zero-order valence-electron chi connectivity index (χ0n) is 20.2. The summed E-state index contributed by atoms with van der Waals surface area (Å²) in [6.45, 7) is 2.22. The number of methoxy groups -OCH3 is 1. The lowest BCUT2D eigenvalue weighted by Crippen LogP contribution is -2.26. The molecule has 0 aliphatic heterocycles. The van der Waals surface area contributed by atoms with Gasteiger partial charge in [-0.2, -0.15) is 0 Å². The predicted octanol–water partition coefficient (Wildman–Crippen LogP) is 3.83. The zero-order valence-corrected chi connectivity index (χ0v) is 22.7. The number of amides is 2. The Morgan fingerprint density at radius 2 is 1.76 bits per heavy atom. The molecule has 0 atom stereocenters. The summed E-state index contributed by atoms with van der Waals surface area (Å²) >= 11 is 4.17. The molecule has 2 heterocycles. The lowest BCUT2D eigenvalue weighted by molar-refractivity contribution is -0.120. The van der Waals surface area contributed by atoms with E-state index in [1.165, 1.54) is 23.1 Å². The molecule has 0 unspecified atom stereocenters. The van der Waals surface area contributed by atoms with Gasteiger partial charge in [0.1, 0.15) is 5.75 Å². The van der Waals surface area contributed by atoms with Crippen LogP contribution in [-0.4, -0.2) is 55.4 Å². The van der Waals surface area contributed by atoms with Gasteiger partial charge < -0.3 is 10.1 Å². The Morgan fingerprint density at radius 1 is 0.973 bits per heavy atom. The SMILES string of the molecule is CCSc1nnc(NC(=O)CSc2nnc(CNC(=O)Cc3ccc(OC)cc3)n2-c2ccccc2)s1. The van der Waals surface area contributed by atoms with Gasteiger partial charge in [0.15, 0.2) is 15.3 Å². The van der Waals surface area contributed by atoms with Gasteiger partial charge in [-0.15, -0.1) is 20.4 Å². The maximum atomic E-state index is 12.6. The third-order valence-electron chi connectivity index (χ3n) is 4.94. The van der Waals surface area contributed by atoms with Crippen LogP contribution in [0.15, 0.2) is 64.1 Å². The van der Waals surface area contributed by atoms with Crippen LogP contribution in [0.25, 0.3) is 5.69 Å². The average Bonchev–Trinajstić information content (AvgIpc) is 3.54. The first kappa shape index (κ1) is 26.6. The minimum atomic E-state index is -0.217. The molecule has 192 valence electrons. The van der Waals surface area contributed by atoms with Crippen molar-refractivity contribution in [3.63, 3.8) is 0 Å². The summed E-state index contributed by atoms with van der Waals surface area (Å²) in [5, 5.41) is 23.3. The number of nitrogens with one attached hydrogen (secondary N) is 2. The van der Waals surface area contributed by atoms with E-state index in [4.69, 9.17) is 4.74 Å². The normalized spacial score (nSPS) is 10.8. The van der Waals surface area contributed by atoms with Gasteiger partial charge in [0.05, 0.1) is 25.8 Å². The molecule has 13 heteroatoms. The van der Waals surface area contributed by atoms with E-state index in [-0.39, 0.29) is 30.5 Å². The van der Waals surface area contributed by atoms with Crippen molar-refractivity contribution in [2.45, 2.75) is 29.4 Å². The van der Waals surface area contributed by atoms with Crippen molar-refractivity contribution in [2.75, 3.05) is 23.9 Å². The highest BCUT2D eigenvalue weighted by molar-refractivity contribution is 8.01. The Morgan fingerprint density at radius 3 is 2.49 bits per heavy atom. The topological polar surface area (TPSA) is 124 Å². The fourth-order valence-electron chi connectivity index (χ4n) is 3.24. The molecule has 4 rings (SSSR count). The van der Waals surface area contributed by atoms with Crippen LogP contribution in [0.3, 0.4) is 0 Å². The summed E-state index contributed by atoms with van der Waals surface area (Å²) < 4.78 is 7.81. The molecule has 2 N–H and O–H groups in total. The van der Waals surface area contributed by atoms with E-state index in [0.29, 0.717) is 16.1 Å². The highest BCUT2D eigenvalue weighted by Gasteiger charge is 2.17. The number of para-hydroxylation sites is 1. The van der Waals surface area contributed by atoms with Crippen LogP contribution in [0.2, 0.25) is 0 Å². The number of aromatic nitrogens is 5. The fourth-order valence-corrected chi connectivity index (χ4v) is 5.68. The van der Waals surface area contributed by atoms with E-state index in [9.17, 15) is 9.59 Å². The van der Waals surface area contributed by atoms with Crippen molar-refractivity contribution < 1.29 is 14.3 Å². The molecule has 0 aliphatic carbocycles. The van der Waals surface area contributed by atoms with E-state index in [2.05, 4.69) is 31.0 Å². The first-order valence-electron chi connectivity index (χ1n) is 11.3. The monoisotopic (exact) mass is 555 g/mol. The molecule has 0 saturated carbocycles. The highest BCUT2D eigenvalue weighted by Crippen LogP contribution is 2.26. The van der Waals surface area contributed by atoms with E-state index >= 15 is 0 Å². The number of benzene rings is 2. The van der Waals surface area contributed by atoms with Gasteiger partial charge >= 0.3 is 0 Å². The minimum absolute atomic E-state index is 0.116. The Bertz CT molecular complexity index is 1330. The molecule has 0 radical (unpaired) electrons. The van der Waals surface area contributed by atoms with E-state index in [0.717, 1.165) is 27.1 Å². The van der Waals surface area contributed by atoms with Crippen molar-refractivity contribution in [2.24, 2.45) is 0 Å². The lowest BCUT2D eigenvalue weighted by Gasteiger charge is -2.11. The van der Waals surface area contributed by atoms with Crippen molar-refractivity contribution in [1.29, 1.82) is 0 Å². The van der Waals surface area contributed by atoms with E-state index < -0.39 is 0 Å². The third kappa shape index (κ3) is 7.54. The zero-order chi connectivity index (χ0) is 26.0. The number of hydrogen-bond donors (Lipinski definition) is 2. The third-order valence-corrected chi connectivity index (χ3v) is 7.72. The Balaban J connectivity index is 1.40. The number of thioether (sulfide) groups is 2. The smallest absolute Gasteiger partial charge is 0.236 e. The number of carbonyl (C=O) groups is 2. The maximum Gasteiger partial charge on any atom is 0.236 e. The van der Waals surface area contributed by atoms with Crippen molar-refractivity contribution in [1.82, 2.24) is 30.3 Å². The molecule has 37 heavy (non-hydrogen) atoms. The molecule has 0 bridgehead atoms. The molecule has 2 aromatic heterocycles. The second-order valence-electron chi connectivity index (χ2n) is 7.51. The molecule has 4 aromatic rings. The van der Waals surface area contributed by atoms with Crippen LogP contribution in [0, 0.1) is 0 Å². The van der Waals surface area contributed by atoms with Gasteiger partial charge in [0.25, 0.3) is 0 Å². The van der Waals surface area contributed by atoms with Crippen LogP contribution in [-0.2, 0) is 22.6 Å². The molecule has 0 spiro atoms. The van der Waals surface area contributed by atoms with Crippen molar-refractivity contribution in [3.05, 3.63) is 66.0 Å². The van der Waals surface area contributed by atoms with Gasteiger partial charge in [-0.25, -0.2) is 0 Å². The summed E-state index contributed by atoms with van der Waals surface area (Å²) in [4.78, 5) is 25.1. The van der Waals surface area contributed by atoms with Gasteiger partial charge in [0.2, 0.25) is 16.9 Å². The van der Waals surface area contributed by atoms with Crippen LogP contribution >= 0.6 is 34.9 Å². The van der Waals surface area contributed by atoms with Crippen LogP contribution in [0.4, 0.5) is 5.13 Å². The van der Waals surface area contributed by atoms with Crippen molar-refractivity contribution in [3.8, 4) is 11.4 Å². The molecular weight excluding hydrogens is 531 g/mol. The number of ether oxygens (including phenoxy) is 1. The van der Waals surface area contributed by atoms with Crippen molar-refractivity contribution >= 4 is 51.8 Å². The number of nitrogens with zero attached hydrogens (tertiary/aromatic N) is 5. The number of anilines is 1. The molecule has 10 nitrogen and oxygen atoms in total. The highest BCUT2D eigenvalue weighted by atomic mass is 32.2. The van der Waals surface area contributed by atoms with Gasteiger partial charge in [-0.3, -0.25) is 19.5 Å². The lowest BCUT2D eigenvalue weighted by atomic mass is 10.1. The number of hydrogen-bond acceptors (Lipinski definition) is 10. The molecule has 2 amide bonds. The standard InChI is InChI=1S/C24H25N7O3S3/c1-3-35-24-30-28-22(37-24)26-21(33)15-36-23-29-27-19(31(23)17-7-5-4-6-8-17)14-25-20(32)13-16-9-11-18(34-2)12-10-16/h4-12H,3,13-15H2,1-2H3,(H,25,32)(H,26,28,33). The summed E-state index contributed by atoms with van der Waals surface area (Å²) in [6.07, 6.45) is 0.231. The largest absolute Gasteiger partial charge is 0.497 e. The Labute approximate surface area is 226 Å². The first-order chi connectivity index (χ1) is 18.1. The molecule has 0 fully saturated rings. The Kier molecular flexibility index (Phi) is 9.52. The fraction of sp³-hybridized carbons (Fsp3) is 0.250. The number of rotatable bonds is 12. The summed E-state index contributed by atoms with van der Waals surface area (Å²) in [6, 6.07) is 16.9. The van der Waals surface area contributed by atoms with Crippen LogP contribution in [0.1, 0.15) is 18.3 Å². The molecule has 0 aliphatic rings. The average molecular weight is 556 g/mol. The molecule has 0 saturated heterocycles. The predicted molar refractivity (Wildman–Crippen MR) is 146 cm³/mol. The van der Waals surface area contributed by atoms with Crippen LogP contribution < -0.4 is 15.4 Å². The summed E-state index contributed by atoms with van der Waals surface area (Å²) in [7, 11) is 1.60. The first-order valence-corrected chi connectivity index (χ1v) is 14.1. The second kappa shape index (κ2) is 13.2. The van der Waals surface area contributed by atoms with Crippen LogP contribution in [0.5, 0.6) is 5.75 Å². The molecular formula is C24H25N7O3S3. The maximum absolute atomic E-state index is 12.6. The molecule has 2 aromatic carbocycles. The summed E-state index contributed by atoms with van der Waals surface area (Å²) in [5.41, 5.74) is 1.71. The van der Waals surface area contributed by atoms with E-state index in [1.807, 2.05) is 66.1 Å². The van der Waals surface area contributed by atoms with E-state index in [1.54, 1.807) is 18.9 Å².